The van der Waals surface area contributed by atoms with Crippen LogP contribution in [0.15, 0.2) is 24.3 Å². The average molecular weight is 276 g/mol. The van der Waals surface area contributed by atoms with Crippen molar-refractivity contribution in [1.29, 1.82) is 0 Å². The molecule has 0 amide bonds. The zero-order valence-electron chi connectivity index (χ0n) is 10.5. The number of halogens is 1. The average Bonchev–Trinajstić information content (AvgIpc) is 3.26. The van der Waals surface area contributed by atoms with Gasteiger partial charge in [0.15, 0.2) is 5.82 Å². The summed E-state index contributed by atoms with van der Waals surface area (Å²) in [5.41, 5.74) is 1.88. The molecule has 0 atom stereocenters. The Morgan fingerprint density at radius 3 is 2.68 bits per heavy atom. The van der Waals surface area contributed by atoms with Gasteiger partial charge in [0.2, 0.25) is 0 Å². The molecule has 5 heteroatoms. The van der Waals surface area contributed by atoms with Crippen molar-refractivity contribution in [2.45, 2.75) is 18.8 Å². The Hall–Kier alpha value is -1.81. The minimum atomic E-state index is 0.0672. The van der Waals surface area contributed by atoms with Crippen LogP contribution in [0.5, 0.6) is 5.75 Å². The number of aromatic hydroxyl groups is 1. The van der Waals surface area contributed by atoms with Gasteiger partial charge < -0.3 is 10.4 Å². The van der Waals surface area contributed by atoms with E-state index in [4.69, 9.17) is 11.6 Å². The molecule has 1 aliphatic carbocycles. The van der Waals surface area contributed by atoms with Gasteiger partial charge in [0.1, 0.15) is 11.6 Å². The topological polar surface area (TPSA) is 58.0 Å². The van der Waals surface area contributed by atoms with Crippen LogP contribution in [0.2, 0.25) is 5.02 Å². The van der Waals surface area contributed by atoms with Crippen LogP contribution in [0, 0.1) is 0 Å². The number of aromatic nitrogens is 2. The number of anilines is 1. The normalized spacial score (nSPS) is 14.4. The molecule has 1 fully saturated rings. The van der Waals surface area contributed by atoms with E-state index in [1.54, 1.807) is 18.2 Å². The van der Waals surface area contributed by atoms with Crippen molar-refractivity contribution in [3.8, 4) is 17.1 Å². The molecule has 0 bridgehead atoms. The molecule has 0 radical (unpaired) electrons. The Morgan fingerprint density at radius 1 is 1.26 bits per heavy atom. The van der Waals surface area contributed by atoms with Crippen LogP contribution in [0.3, 0.4) is 0 Å². The van der Waals surface area contributed by atoms with E-state index in [9.17, 15) is 5.11 Å². The van der Waals surface area contributed by atoms with Gasteiger partial charge in [-0.2, -0.15) is 0 Å². The van der Waals surface area contributed by atoms with Crippen molar-refractivity contribution in [3.05, 3.63) is 35.0 Å². The number of nitrogens with zero attached hydrogens (tertiary/aromatic N) is 2. The Kier molecular flexibility index (Phi) is 3.03. The summed E-state index contributed by atoms with van der Waals surface area (Å²) >= 11 is 5.93. The number of hydrogen-bond donors (Lipinski definition) is 2. The summed E-state index contributed by atoms with van der Waals surface area (Å²) in [5, 5.41) is 12.8. The van der Waals surface area contributed by atoms with E-state index in [2.05, 4.69) is 15.3 Å². The molecule has 1 aromatic heterocycles. The number of nitrogens with one attached hydrogen (secondary N) is 1. The maximum absolute atomic E-state index is 9.46. The van der Waals surface area contributed by atoms with Crippen LogP contribution in [0.25, 0.3) is 11.4 Å². The van der Waals surface area contributed by atoms with Crippen molar-refractivity contribution in [2.24, 2.45) is 0 Å². The second-order valence-corrected chi connectivity index (χ2v) is 5.10. The lowest BCUT2D eigenvalue weighted by atomic mass is 10.2. The third-order valence-corrected chi connectivity index (χ3v) is 3.51. The molecule has 1 aliphatic rings. The number of phenols is 1. The van der Waals surface area contributed by atoms with E-state index in [-0.39, 0.29) is 5.75 Å². The highest BCUT2D eigenvalue weighted by molar-refractivity contribution is 6.32. The highest BCUT2D eigenvalue weighted by Crippen LogP contribution is 2.40. The molecule has 4 nitrogen and oxygen atoms in total. The van der Waals surface area contributed by atoms with Gasteiger partial charge in [0.25, 0.3) is 0 Å². The predicted octanol–water partition coefficient (Wildman–Crippen LogP) is 3.42. The van der Waals surface area contributed by atoms with Gasteiger partial charge in [-0.05, 0) is 31.0 Å². The first kappa shape index (κ1) is 12.2. The SMILES string of the molecule is CNc1cc(C2CC2)nc(-c2ccc(O)c(Cl)c2)n1. The number of rotatable bonds is 3. The largest absolute Gasteiger partial charge is 0.506 e. The fourth-order valence-corrected chi connectivity index (χ4v) is 2.14. The summed E-state index contributed by atoms with van der Waals surface area (Å²) in [6.07, 6.45) is 2.38. The lowest BCUT2D eigenvalue weighted by Crippen LogP contribution is -2.00. The second-order valence-electron chi connectivity index (χ2n) is 4.69. The minimum absolute atomic E-state index is 0.0672. The zero-order valence-corrected chi connectivity index (χ0v) is 11.3. The molecule has 0 spiro atoms. The molecule has 19 heavy (non-hydrogen) atoms. The van der Waals surface area contributed by atoms with Crippen molar-refractivity contribution in [3.63, 3.8) is 0 Å². The monoisotopic (exact) mass is 275 g/mol. The smallest absolute Gasteiger partial charge is 0.161 e. The molecule has 2 N–H and O–H groups in total. The van der Waals surface area contributed by atoms with Crippen LogP contribution in [0.1, 0.15) is 24.5 Å². The van der Waals surface area contributed by atoms with Gasteiger partial charge in [0.05, 0.1) is 5.02 Å². The van der Waals surface area contributed by atoms with Crippen molar-refractivity contribution in [2.75, 3.05) is 12.4 Å². The summed E-state index contributed by atoms with van der Waals surface area (Å²) in [7, 11) is 1.84. The van der Waals surface area contributed by atoms with E-state index < -0.39 is 0 Å². The van der Waals surface area contributed by atoms with Crippen LogP contribution in [-0.4, -0.2) is 22.1 Å². The Balaban J connectivity index is 2.07. The van der Waals surface area contributed by atoms with Gasteiger partial charge in [0, 0.05) is 30.3 Å². The van der Waals surface area contributed by atoms with Crippen LogP contribution in [0.4, 0.5) is 5.82 Å². The first-order valence-corrected chi connectivity index (χ1v) is 6.61. The summed E-state index contributed by atoms with van der Waals surface area (Å²) in [6, 6.07) is 7.00. The highest BCUT2D eigenvalue weighted by atomic mass is 35.5. The summed E-state index contributed by atoms with van der Waals surface area (Å²) in [4.78, 5) is 9.03. The molecule has 1 saturated carbocycles. The van der Waals surface area contributed by atoms with E-state index in [0.29, 0.717) is 16.8 Å². The molecule has 2 aromatic rings. The summed E-state index contributed by atoms with van der Waals surface area (Å²) < 4.78 is 0. The lowest BCUT2D eigenvalue weighted by Gasteiger charge is -2.08. The quantitative estimate of drug-likeness (QED) is 0.901. The van der Waals surface area contributed by atoms with Gasteiger partial charge in [-0.25, -0.2) is 9.97 Å². The predicted molar refractivity (Wildman–Crippen MR) is 75.7 cm³/mol. The highest BCUT2D eigenvalue weighted by Gasteiger charge is 2.26. The van der Waals surface area contributed by atoms with Crippen LogP contribution >= 0.6 is 11.6 Å². The molecular weight excluding hydrogens is 262 g/mol. The van der Waals surface area contributed by atoms with Crippen molar-refractivity contribution < 1.29 is 5.11 Å². The Morgan fingerprint density at radius 2 is 2.05 bits per heavy atom. The molecule has 98 valence electrons. The fourth-order valence-electron chi connectivity index (χ4n) is 1.96. The standard InChI is InChI=1S/C14H14ClN3O/c1-16-13-7-11(8-2-3-8)17-14(18-13)9-4-5-12(19)10(15)6-9/h4-8,19H,2-3H2,1H3,(H,16,17,18). The minimum Gasteiger partial charge on any atom is -0.506 e. The molecule has 3 rings (SSSR count). The van der Waals surface area contributed by atoms with Gasteiger partial charge >= 0.3 is 0 Å². The van der Waals surface area contributed by atoms with Gasteiger partial charge in [-0.3, -0.25) is 0 Å². The fraction of sp³-hybridized carbons (Fsp3) is 0.286. The first-order chi connectivity index (χ1) is 9.17. The Bertz CT molecular complexity index is 626. The maximum Gasteiger partial charge on any atom is 0.161 e. The van der Waals surface area contributed by atoms with Crippen molar-refractivity contribution in [1.82, 2.24) is 9.97 Å². The third-order valence-electron chi connectivity index (χ3n) is 3.20. The van der Waals surface area contributed by atoms with E-state index >= 15 is 0 Å². The number of hydrogen-bond acceptors (Lipinski definition) is 4. The van der Waals surface area contributed by atoms with Gasteiger partial charge in [-0.1, -0.05) is 11.6 Å². The first-order valence-electron chi connectivity index (χ1n) is 6.23. The van der Waals surface area contributed by atoms with Crippen LogP contribution < -0.4 is 5.32 Å². The van der Waals surface area contributed by atoms with E-state index in [1.807, 2.05) is 13.1 Å². The zero-order chi connectivity index (χ0) is 13.4. The second kappa shape index (κ2) is 4.70. The van der Waals surface area contributed by atoms with E-state index in [0.717, 1.165) is 17.1 Å². The molecule has 0 aliphatic heterocycles. The molecule has 0 unspecified atom stereocenters. The molecule has 1 aromatic carbocycles. The van der Waals surface area contributed by atoms with Crippen LogP contribution in [-0.2, 0) is 0 Å². The van der Waals surface area contributed by atoms with E-state index in [1.165, 1.54) is 12.8 Å². The lowest BCUT2D eigenvalue weighted by molar-refractivity contribution is 0.475. The summed E-state index contributed by atoms with van der Waals surface area (Å²) in [5.74, 6) is 2.06. The number of phenolic OH excluding ortho intramolecular Hbond substituents is 1. The summed E-state index contributed by atoms with van der Waals surface area (Å²) in [6.45, 7) is 0. The van der Waals surface area contributed by atoms with Gasteiger partial charge in [-0.15, -0.1) is 0 Å². The van der Waals surface area contributed by atoms with Crippen molar-refractivity contribution >= 4 is 17.4 Å². The third kappa shape index (κ3) is 2.49. The maximum atomic E-state index is 9.46. The molecule has 1 heterocycles. The Labute approximate surface area is 116 Å². The number of benzene rings is 1. The molecular formula is C14H14ClN3O. The molecule has 0 saturated heterocycles.